The lowest BCUT2D eigenvalue weighted by Gasteiger charge is -2.50. The van der Waals surface area contributed by atoms with Gasteiger partial charge in [-0.2, -0.15) is 14.9 Å². The minimum Gasteiger partial charge on any atom is -0.459 e. The highest BCUT2D eigenvalue weighted by Crippen LogP contribution is 2.47. The molecule has 9 nitrogen and oxygen atoms in total. The molecule has 3 aromatic rings. The molecule has 35 heavy (non-hydrogen) atoms. The topological polar surface area (TPSA) is 120 Å². The summed E-state index contributed by atoms with van der Waals surface area (Å²) in [5.74, 6) is 0.0917. The van der Waals surface area contributed by atoms with Gasteiger partial charge in [-0.3, -0.25) is 9.69 Å². The van der Waals surface area contributed by atoms with Crippen LogP contribution in [0.15, 0.2) is 53.2 Å². The predicted molar refractivity (Wildman–Crippen MR) is 128 cm³/mol. The molecule has 1 amide bonds. The Labute approximate surface area is 203 Å². The summed E-state index contributed by atoms with van der Waals surface area (Å²) in [7, 11) is 0. The number of rotatable bonds is 5. The second-order valence-electron chi connectivity index (χ2n) is 8.59. The number of carbonyl (C=O) groups is 1. The van der Waals surface area contributed by atoms with Crippen LogP contribution in [-0.2, 0) is 16.0 Å². The molecule has 5 rings (SSSR count). The van der Waals surface area contributed by atoms with Gasteiger partial charge in [-0.05, 0) is 49.6 Å². The minimum atomic E-state index is -0.297. The zero-order valence-electron chi connectivity index (χ0n) is 19.7. The van der Waals surface area contributed by atoms with Crippen LogP contribution in [0.5, 0.6) is 0 Å². The van der Waals surface area contributed by atoms with Crippen LogP contribution < -0.4 is 10.6 Å². The van der Waals surface area contributed by atoms with E-state index in [1.165, 1.54) is 11.8 Å². The Morgan fingerprint density at radius 3 is 2.74 bits per heavy atom. The van der Waals surface area contributed by atoms with E-state index in [2.05, 4.69) is 53.5 Å². The molecule has 1 aromatic carbocycles. The molecule has 2 aliphatic rings. The van der Waals surface area contributed by atoms with E-state index in [0.717, 1.165) is 35.3 Å². The number of allylic oxidation sites excluding steroid dienone is 1. The van der Waals surface area contributed by atoms with Crippen LogP contribution in [0.3, 0.4) is 0 Å². The number of benzene rings is 1. The molecule has 0 bridgehead atoms. The van der Waals surface area contributed by atoms with Crippen LogP contribution in [0.4, 0.5) is 0 Å². The average Bonchev–Trinajstić information content (AvgIpc) is 3.51. The van der Waals surface area contributed by atoms with Crippen LogP contribution in [0.25, 0.3) is 16.6 Å². The van der Waals surface area contributed by atoms with Crippen molar-refractivity contribution < 1.29 is 18.8 Å². The molecule has 1 saturated heterocycles. The Hall–Kier alpha value is -4.12. The van der Waals surface area contributed by atoms with Gasteiger partial charge in [0.05, 0.1) is 23.0 Å². The highest BCUT2D eigenvalue weighted by atomic mass is 16.3. The summed E-state index contributed by atoms with van der Waals surface area (Å²) in [6.07, 6.45) is 8.04. The Kier molecular flexibility index (Phi) is 6.87. The molecule has 0 saturated carbocycles. The van der Waals surface area contributed by atoms with Crippen molar-refractivity contribution in [2.45, 2.75) is 38.3 Å². The molecule has 0 unspecified atom stereocenters. The van der Waals surface area contributed by atoms with Gasteiger partial charge in [0.1, 0.15) is 6.04 Å². The number of nitriles is 1. The van der Waals surface area contributed by atoms with Gasteiger partial charge in [-0.15, -0.1) is 0 Å². The first-order chi connectivity index (χ1) is 17.0. The van der Waals surface area contributed by atoms with Gasteiger partial charge in [-0.1, -0.05) is 25.1 Å². The SMILES string of the molecule is CC[C@]12C=C(C)n3c(c(CCNC(=O)c4ccco4)c4ccccc43)[C@H]1N(C#N)CCN2.O=C=O. The van der Waals surface area contributed by atoms with Gasteiger partial charge >= 0.3 is 6.15 Å². The largest absolute Gasteiger partial charge is 0.459 e. The van der Waals surface area contributed by atoms with E-state index < -0.39 is 0 Å². The fourth-order valence-corrected chi connectivity index (χ4v) is 5.45. The second kappa shape index (κ2) is 10.0. The highest BCUT2D eigenvalue weighted by molar-refractivity contribution is 5.92. The molecular weight excluding hydrogens is 446 g/mol. The van der Waals surface area contributed by atoms with Crippen molar-refractivity contribution in [3.05, 3.63) is 65.8 Å². The van der Waals surface area contributed by atoms with E-state index in [9.17, 15) is 10.1 Å². The smallest absolute Gasteiger partial charge is 0.373 e. The number of nitrogens with one attached hydrogen (secondary N) is 2. The van der Waals surface area contributed by atoms with Crippen molar-refractivity contribution in [2.75, 3.05) is 19.6 Å². The second-order valence-corrected chi connectivity index (χ2v) is 8.59. The molecule has 0 radical (unpaired) electrons. The number of aromatic nitrogens is 1. The molecule has 2 N–H and O–H groups in total. The van der Waals surface area contributed by atoms with Crippen molar-refractivity contribution in [3.8, 4) is 6.19 Å². The van der Waals surface area contributed by atoms with Crippen molar-refractivity contribution in [1.82, 2.24) is 20.1 Å². The van der Waals surface area contributed by atoms with Crippen LogP contribution in [0.2, 0.25) is 0 Å². The third kappa shape index (κ3) is 4.14. The lowest BCUT2D eigenvalue weighted by atomic mass is 9.78. The molecule has 180 valence electrons. The number of hydrogen-bond donors (Lipinski definition) is 2. The summed E-state index contributed by atoms with van der Waals surface area (Å²) in [5, 5.41) is 17.9. The molecule has 2 aromatic heterocycles. The summed E-state index contributed by atoms with van der Waals surface area (Å²) in [6, 6.07) is 11.6. The quantitative estimate of drug-likeness (QED) is 0.547. The minimum absolute atomic E-state index is 0.0990. The van der Waals surface area contributed by atoms with E-state index in [4.69, 9.17) is 14.0 Å². The molecular formula is C26H27N5O4. The third-order valence-electron chi connectivity index (χ3n) is 6.82. The summed E-state index contributed by atoms with van der Waals surface area (Å²) in [6.45, 7) is 6.24. The monoisotopic (exact) mass is 473 g/mol. The Morgan fingerprint density at radius 1 is 1.29 bits per heavy atom. The first-order valence-electron chi connectivity index (χ1n) is 11.6. The van der Waals surface area contributed by atoms with E-state index in [0.29, 0.717) is 25.3 Å². The van der Waals surface area contributed by atoms with E-state index in [1.807, 2.05) is 17.0 Å². The van der Waals surface area contributed by atoms with E-state index in [1.54, 1.807) is 12.1 Å². The Bertz CT molecular complexity index is 1330. The first kappa shape index (κ1) is 24.0. The van der Waals surface area contributed by atoms with Crippen molar-refractivity contribution >= 4 is 28.7 Å². The number of fused-ring (bicyclic) bond motifs is 5. The van der Waals surface area contributed by atoms with Crippen molar-refractivity contribution in [3.63, 3.8) is 0 Å². The lowest BCUT2D eigenvalue weighted by Crippen LogP contribution is -2.61. The number of para-hydroxylation sites is 1. The zero-order valence-corrected chi connectivity index (χ0v) is 19.7. The predicted octanol–water partition coefficient (Wildman–Crippen LogP) is 3.07. The molecule has 0 aliphatic carbocycles. The van der Waals surface area contributed by atoms with Crippen molar-refractivity contribution in [2.24, 2.45) is 0 Å². The van der Waals surface area contributed by atoms with Crippen molar-refractivity contribution in [1.29, 1.82) is 5.26 Å². The fraction of sp³-hybridized carbons (Fsp3) is 0.346. The van der Waals surface area contributed by atoms with E-state index >= 15 is 0 Å². The lowest BCUT2D eigenvalue weighted by molar-refractivity contribution is -0.191. The van der Waals surface area contributed by atoms with Gasteiger partial charge < -0.3 is 19.6 Å². The average molecular weight is 474 g/mol. The normalized spacial score (nSPS) is 20.4. The fourth-order valence-electron chi connectivity index (χ4n) is 5.45. The maximum absolute atomic E-state index is 12.4. The maximum atomic E-state index is 12.4. The van der Waals surface area contributed by atoms with Gasteiger partial charge in [0, 0.05) is 30.7 Å². The molecule has 4 heterocycles. The molecule has 9 heteroatoms. The first-order valence-corrected chi connectivity index (χ1v) is 11.6. The molecule has 2 atom stereocenters. The number of nitrogens with zero attached hydrogens (tertiary/aromatic N) is 3. The summed E-state index contributed by atoms with van der Waals surface area (Å²) < 4.78 is 7.51. The van der Waals surface area contributed by atoms with Crippen LogP contribution in [-0.4, -0.2) is 46.7 Å². The van der Waals surface area contributed by atoms with Crippen LogP contribution >= 0.6 is 0 Å². The van der Waals surface area contributed by atoms with Gasteiger partial charge in [0.25, 0.3) is 5.91 Å². The van der Waals surface area contributed by atoms with Crippen LogP contribution in [0.1, 0.15) is 48.1 Å². The summed E-state index contributed by atoms with van der Waals surface area (Å²) >= 11 is 0. The zero-order chi connectivity index (χ0) is 25.0. The van der Waals surface area contributed by atoms with Gasteiger partial charge in [0.15, 0.2) is 12.0 Å². The maximum Gasteiger partial charge on any atom is 0.373 e. The number of carbonyl (C=O) groups excluding carboxylic acids is 3. The van der Waals surface area contributed by atoms with Crippen LogP contribution in [0, 0.1) is 11.5 Å². The molecule has 0 spiro atoms. The molecule has 1 fully saturated rings. The highest BCUT2D eigenvalue weighted by Gasteiger charge is 2.48. The number of furan rings is 1. The number of hydrogen-bond acceptors (Lipinski definition) is 7. The van der Waals surface area contributed by atoms with Gasteiger partial charge in [0.2, 0.25) is 0 Å². The molecule has 2 aliphatic heterocycles. The summed E-state index contributed by atoms with van der Waals surface area (Å²) in [4.78, 5) is 30.5. The summed E-state index contributed by atoms with van der Waals surface area (Å²) in [5.41, 5.74) is 4.33. The number of piperazine rings is 1. The standard InChI is InChI=1S/C25H27N5O2.CO2/c1-3-25-15-17(2)30-20-8-5-4-7-18(20)19(10-11-27-24(31)21-9-6-14-32-21)22(30)23(25)29(16-26)13-12-28-25;2-1-3/h4-9,14-15,23,28H,3,10-13H2,1-2H3,(H,27,31);/t23-,25+;/m1./s1. The third-order valence-corrected chi connectivity index (χ3v) is 6.82. The number of amides is 1. The van der Waals surface area contributed by atoms with E-state index in [-0.39, 0.29) is 23.6 Å². The Morgan fingerprint density at radius 2 is 2.06 bits per heavy atom. The Balaban J connectivity index is 0.000000917. The van der Waals surface area contributed by atoms with Gasteiger partial charge in [-0.25, -0.2) is 0 Å².